The molecule has 0 radical (unpaired) electrons. The first-order chi connectivity index (χ1) is 26.1. The number of amides is 3. The van der Waals surface area contributed by atoms with E-state index < -0.39 is 35.3 Å². The number of aromatic hydroxyl groups is 1. The molecule has 0 saturated heterocycles. The highest BCUT2D eigenvalue weighted by atomic mass is 16.7. The summed E-state index contributed by atoms with van der Waals surface area (Å²) in [5.41, 5.74) is 2.81. The number of carbonyl (C=O) groups is 3. The van der Waals surface area contributed by atoms with Gasteiger partial charge in [0, 0.05) is 19.7 Å². The van der Waals surface area contributed by atoms with Gasteiger partial charge in [-0.15, -0.1) is 0 Å². The van der Waals surface area contributed by atoms with Crippen LogP contribution in [0.15, 0.2) is 140 Å². The van der Waals surface area contributed by atoms with Crippen molar-refractivity contribution in [2.75, 3.05) is 14.2 Å². The molecule has 0 bridgehead atoms. The van der Waals surface area contributed by atoms with E-state index in [1.165, 1.54) is 20.2 Å². The van der Waals surface area contributed by atoms with E-state index in [0.717, 1.165) is 32.5 Å². The summed E-state index contributed by atoms with van der Waals surface area (Å²) in [6.07, 6.45) is 3.98. The topological polar surface area (TPSA) is 126 Å². The first kappa shape index (κ1) is 37.5. The summed E-state index contributed by atoms with van der Waals surface area (Å²) < 4.78 is 2.05. The smallest absolute Gasteiger partial charge is 0.268 e. The number of hydrogen-bond donors (Lipinski definition) is 3. The van der Waals surface area contributed by atoms with Gasteiger partial charge in [0.1, 0.15) is 23.4 Å². The number of benzene rings is 5. The van der Waals surface area contributed by atoms with E-state index in [4.69, 9.17) is 9.82 Å². The van der Waals surface area contributed by atoms with Crippen molar-refractivity contribution in [3.8, 4) is 5.75 Å². The fourth-order valence-corrected chi connectivity index (χ4v) is 6.98. The zero-order valence-electron chi connectivity index (χ0n) is 30.8. The predicted molar refractivity (Wildman–Crippen MR) is 209 cm³/mol. The summed E-state index contributed by atoms with van der Waals surface area (Å²) in [6.45, 7) is 3.87. The van der Waals surface area contributed by atoms with Crippen LogP contribution in [0.1, 0.15) is 53.0 Å². The van der Waals surface area contributed by atoms with Crippen molar-refractivity contribution in [2.24, 2.45) is 5.92 Å². The average Bonchev–Trinajstić information content (AvgIpc) is 3.66. The highest BCUT2D eigenvalue weighted by Gasteiger charge is 2.39. The number of hydrogen-bond acceptors (Lipinski definition) is 6. The van der Waals surface area contributed by atoms with Crippen molar-refractivity contribution in [3.05, 3.63) is 168 Å². The van der Waals surface area contributed by atoms with Crippen molar-refractivity contribution >= 4 is 28.5 Å². The molecule has 54 heavy (non-hydrogen) atoms. The van der Waals surface area contributed by atoms with Gasteiger partial charge in [-0.1, -0.05) is 129 Å². The van der Waals surface area contributed by atoms with Gasteiger partial charge >= 0.3 is 0 Å². The Hall–Kier alpha value is -6.26. The van der Waals surface area contributed by atoms with Gasteiger partial charge in [0.05, 0.1) is 24.7 Å². The number of nitrogens with zero attached hydrogens (tertiary/aromatic N) is 3. The molecule has 0 spiro atoms. The number of nitrogens with one attached hydrogen (secondary N) is 2. The van der Waals surface area contributed by atoms with Crippen LogP contribution >= 0.6 is 0 Å². The molecule has 5 aromatic carbocycles. The largest absolute Gasteiger partial charge is 0.507 e. The molecule has 6 rings (SSSR count). The second-order valence-electron chi connectivity index (χ2n) is 13.7. The summed E-state index contributed by atoms with van der Waals surface area (Å²) >= 11 is 0. The average molecular weight is 724 g/mol. The van der Waals surface area contributed by atoms with Crippen LogP contribution in [0, 0.1) is 5.92 Å². The van der Waals surface area contributed by atoms with Gasteiger partial charge in [0.25, 0.3) is 11.8 Å². The lowest BCUT2D eigenvalue weighted by Crippen LogP contribution is -2.54. The molecule has 1 heterocycles. The summed E-state index contributed by atoms with van der Waals surface area (Å²) in [7, 11) is 2.85. The number of fused-ring (bicyclic) bond motifs is 1. The standard InChI is InChI=1S/C44H45N5O5/c1-30(2)24-38(46-41(51)37-25-31-16-14-15-17-32(31)26-40(37)50)42(52)47-39(43(53)48(3)54-4)27-36-28-49(29-45-36)44(33-18-8-5-9-19-33,34-20-10-6-11-21-34)35-22-12-7-13-23-35/h5-23,25-26,28-30,38-39,50H,24,27H2,1-4H3,(H,46,51)(H,47,52)/t38-,39-/m0/s1. The molecule has 0 aliphatic rings. The number of carbonyl (C=O) groups excluding carboxylic acids is 3. The van der Waals surface area contributed by atoms with E-state index in [1.54, 1.807) is 12.4 Å². The second-order valence-corrected chi connectivity index (χ2v) is 13.7. The van der Waals surface area contributed by atoms with Gasteiger partial charge < -0.3 is 20.3 Å². The lowest BCUT2D eigenvalue weighted by molar-refractivity contribution is -0.171. The Morgan fingerprint density at radius 3 is 1.81 bits per heavy atom. The van der Waals surface area contributed by atoms with Crippen LogP contribution in [-0.2, 0) is 26.4 Å². The zero-order chi connectivity index (χ0) is 38.2. The molecule has 0 saturated carbocycles. The Morgan fingerprint density at radius 2 is 1.30 bits per heavy atom. The first-order valence-corrected chi connectivity index (χ1v) is 18.0. The molecular weight excluding hydrogens is 679 g/mol. The Labute approximate surface area is 315 Å². The van der Waals surface area contributed by atoms with Crippen LogP contribution in [0.25, 0.3) is 10.8 Å². The van der Waals surface area contributed by atoms with E-state index >= 15 is 0 Å². The summed E-state index contributed by atoms with van der Waals surface area (Å²) in [5, 5.41) is 19.0. The number of phenolic OH excluding ortho intramolecular Hbond substituents is 1. The van der Waals surface area contributed by atoms with Crippen molar-refractivity contribution < 1.29 is 24.3 Å². The van der Waals surface area contributed by atoms with Crippen LogP contribution in [0.2, 0.25) is 0 Å². The highest BCUT2D eigenvalue weighted by molar-refractivity contribution is 6.03. The molecule has 0 aliphatic carbocycles. The SMILES string of the molecule is CON(C)C(=O)[C@H](Cc1cn(C(c2ccccc2)(c2ccccc2)c2ccccc2)cn1)NC(=O)[C@H](CC(C)C)NC(=O)c1cc2ccccc2cc1O. The highest BCUT2D eigenvalue weighted by Crippen LogP contribution is 2.41. The van der Waals surface area contributed by atoms with E-state index in [2.05, 4.69) is 47.0 Å². The Balaban J connectivity index is 1.33. The maximum atomic E-state index is 14.1. The van der Waals surface area contributed by atoms with Crippen LogP contribution in [0.5, 0.6) is 5.75 Å². The maximum absolute atomic E-state index is 14.1. The van der Waals surface area contributed by atoms with Crippen LogP contribution in [0.3, 0.4) is 0 Å². The molecule has 0 fully saturated rings. The van der Waals surface area contributed by atoms with E-state index in [0.29, 0.717) is 5.69 Å². The third-order valence-electron chi connectivity index (χ3n) is 9.65. The minimum absolute atomic E-state index is 0.0137. The van der Waals surface area contributed by atoms with Gasteiger partial charge in [-0.2, -0.15) is 0 Å². The third kappa shape index (κ3) is 7.89. The number of aromatic nitrogens is 2. The molecule has 0 unspecified atom stereocenters. The molecule has 3 N–H and O–H groups in total. The van der Waals surface area contributed by atoms with Crippen molar-refractivity contribution in [2.45, 2.75) is 44.3 Å². The third-order valence-corrected chi connectivity index (χ3v) is 9.65. The fourth-order valence-electron chi connectivity index (χ4n) is 6.98. The Kier molecular flexibility index (Phi) is 11.5. The van der Waals surface area contributed by atoms with Gasteiger partial charge in [0.15, 0.2) is 0 Å². The second kappa shape index (κ2) is 16.6. The molecule has 6 aromatic rings. The molecule has 276 valence electrons. The molecule has 3 amide bonds. The molecule has 10 heteroatoms. The van der Waals surface area contributed by atoms with Gasteiger partial charge in [0.2, 0.25) is 5.91 Å². The van der Waals surface area contributed by atoms with Gasteiger partial charge in [-0.05, 0) is 51.9 Å². The zero-order valence-corrected chi connectivity index (χ0v) is 30.8. The van der Waals surface area contributed by atoms with E-state index in [1.807, 2.05) is 103 Å². The lowest BCUT2D eigenvalue weighted by Gasteiger charge is -2.37. The number of hydroxylamine groups is 2. The van der Waals surface area contributed by atoms with E-state index in [-0.39, 0.29) is 30.1 Å². The molecule has 10 nitrogen and oxygen atoms in total. The van der Waals surface area contributed by atoms with Crippen LogP contribution in [0.4, 0.5) is 0 Å². The lowest BCUT2D eigenvalue weighted by atomic mass is 9.77. The Bertz CT molecular complexity index is 2110. The monoisotopic (exact) mass is 723 g/mol. The van der Waals surface area contributed by atoms with Crippen molar-refractivity contribution in [1.82, 2.24) is 25.2 Å². The fraction of sp³-hybridized carbons (Fsp3) is 0.227. The predicted octanol–water partition coefficient (Wildman–Crippen LogP) is 6.47. The summed E-state index contributed by atoms with van der Waals surface area (Å²) in [6, 6.07) is 38.9. The number of imidazole rings is 1. The van der Waals surface area contributed by atoms with Crippen molar-refractivity contribution in [3.63, 3.8) is 0 Å². The number of likely N-dealkylation sites (N-methyl/N-ethyl adjacent to an activating group) is 1. The minimum atomic E-state index is -1.09. The molecular formula is C44H45N5O5. The summed E-state index contributed by atoms with van der Waals surface area (Å²) in [5.74, 6) is -1.83. The maximum Gasteiger partial charge on any atom is 0.268 e. The van der Waals surface area contributed by atoms with Gasteiger partial charge in [-0.25, -0.2) is 10.0 Å². The van der Waals surface area contributed by atoms with Crippen molar-refractivity contribution in [1.29, 1.82) is 0 Å². The number of phenols is 1. The minimum Gasteiger partial charge on any atom is -0.507 e. The molecule has 0 aliphatic heterocycles. The molecule has 2 atom stereocenters. The summed E-state index contributed by atoms with van der Waals surface area (Å²) in [4.78, 5) is 51.4. The first-order valence-electron chi connectivity index (χ1n) is 18.0. The molecule has 1 aromatic heterocycles. The Morgan fingerprint density at radius 1 is 0.778 bits per heavy atom. The van der Waals surface area contributed by atoms with Crippen LogP contribution < -0.4 is 10.6 Å². The normalized spacial score (nSPS) is 12.6. The quantitative estimate of drug-likeness (QED) is 0.0874. The van der Waals surface area contributed by atoms with E-state index in [9.17, 15) is 19.5 Å². The number of rotatable bonds is 14. The van der Waals surface area contributed by atoms with Gasteiger partial charge in [-0.3, -0.25) is 19.2 Å². The van der Waals surface area contributed by atoms with Crippen LogP contribution in [-0.4, -0.2) is 63.7 Å².